The number of aromatic nitrogens is 2. The van der Waals surface area contributed by atoms with Gasteiger partial charge in [0.05, 0.1) is 10.5 Å². The van der Waals surface area contributed by atoms with Crippen LogP contribution in [0.3, 0.4) is 0 Å². The van der Waals surface area contributed by atoms with E-state index in [0.29, 0.717) is 39.0 Å². The largest absolute Gasteiger partial charge is 0.422 e. The summed E-state index contributed by atoms with van der Waals surface area (Å²) in [4.78, 5) is 8.87. The lowest BCUT2D eigenvalue weighted by Crippen LogP contribution is -2.23. The number of nitrogens with one attached hydrogen (secondary N) is 1. The van der Waals surface area contributed by atoms with E-state index in [0.717, 1.165) is 43.0 Å². The number of oxazole rings is 1. The highest BCUT2D eigenvalue weighted by atomic mass is 35.5. The molecule has 0 saturated heterocycles. The summed E-state index contributed by atoms with van der Waals surface area (Å²) in [5.41, 5.74) is 3.29. The van der Waals surface area contributed by atoms with Gasteiger partial charge in [0.15, 0.2) is 5.58 Å². The van der Waals surface area contributed by atoms with E-state index < -0.39 is 0 Å². The molecule has 1 fully saturated rings. The molecule has 2 aromatic carbocycles. The molecular formula is C25H24Cl2FN3O. The number of pyridine rings is 1. The van der Waals surface area contributed by atoms with E-state index in [1.165, 1.54) is 11.6 Å². The summed E-state index contributed by atoms with van der Waals surface area (Å²) in [5, 5.41) is 5.16. The molecule has 5 rings (SSSR count). The molecule has 166 valence electrons. The van der Waals surface area contributed by atoms with Gasteiger partial charge in [-0.25, -0.2) is 4.39 Å². The van der Waals surface area contributed by atoms with Crippen LogP contribution in [-0.2, 0) is 0 Å². The first-order valence-electron chi connectivity index (χ1n) is 11.0. The molecule has 0 amide bonds. The third kappa shape index (κ3) is 4.28. The van der Waals surface area contributed by atoms with E-state index >= 15 is 0 Å². The highest BCUT2D eigenvalue weighted by Crippen LogP contribution is 2.40. The minimum absolute atomic E-state index is 0.205. The molecule has 1 saturated carbocycles. The number of halogens is 3. The quantitative estimate of drug-likeness (QED) is 0.320. The standard InChI is InChI=1S/C25H24Cl2FN3O/c1-14(30-25-31-22-9-7-20(26)23(27)24(22)32-25)12-15-2-4-16(5-3-15)18-10-11-29-21-8-6-17(28)13-19(18)21/h6-11,13-16H,2-5,12H2,1H3,(H,30,31)/t14?,15-,16+. The van der Waals surface area contributed by atoms with Crippen molar-refractivity contribution in [1.82, 2.24) is 9.97 Å². The molecule has 0 spiro atoms. The van der Waals surface area contributed by atoms with Crippen molar-refractivity contribution in [2.24, 2.45) is 5.92 Å². The Kier molecular flexibility index (Phi) is 5.95. The second-order valence-electron chi connectivity index (χ2n) is 8.79. The van der Waals surface area contributed by atoms with Gasteiger partial charge in [-0.2, -0.15) is 4.98 Å². The average molecular weight is 472 g/mol. The van der Waals surface area contributed by atoms with Crippen LogP contribution in [0.5, 0.6) is 0 Å². The fourth-order valence-corrected chi connectivity index (χ4v) is 5.32. The third-order valence-electron chi connectivity index (χ3n) is 6.53. The first kappa shape index (κ1) is 21.5. The maximum absolute atomic E-state index is 13.8. The van der Waals surface area contributed by atoms with Crippen LogP contribution in [0.2, 0.25) is 10.0 Å². The first-order valence-corrected chi connectivity index (χ1v) is 11.8. The van der Waals surface area contributed by atoms with Crippen molar-refractivity contribution >= 4 is 51.2 Å². The smallest absolute Gasteiger partial charge is 0.295 e. The lowest BCUT2D eigenvalue weighted by atomic mass is 9.76. The number of benzene rings is 2. The Labute approximate surface area is 196 Å². The normalized spacial score (nSPS) is 20.0. The zero-order valence-corrected chi connectivity index (χ0v) is 19.3. The number of hydrogen-bond acceptors (Lipinski definition) is 4. The van der Waals surface area contributed by atoms with Crippen molar-refractivity contribution in [1.29, 1.82) is 0 Å². The molecule has 0 aliphatic heterocycles. The summed E-state index contributed by atoms with van der Waals surface area (Å²) in [6.45, 7) is 2.15. The van der Waals surface area contributed by atoms with Gasteiger partial charge in [0.25, 0.3) is 6.01 Å². The summed E-state index contributed by atoms with van der Waals surface area (Å²) in [5.74, 6) is 0.870. The molecule has 4 aromatic rings. The van der Waals surface area contributed by atoms with Crippen molar-refractivity contribution < 1.29 is 8.81 Å². The van der Waals surface area contributed by atoms with Crippen LogP contribution >= 0.6 is 23.2 Å². The van der Waals surface area contributed by atoms with Crippen molar-refractivity contribution in [3.63, 3.8) is 0 Å². The van der Waals surface area contributed by atoms with E-state index in [-0.39, 0.29) is 11.9 Å². The van der Waals surface area contributed by atoms with Crippen LogP contribution in [0.4, 0.5) is 10.4 Å². The zero-order chi connectivity index (χ0) is 22.2. The van der Waals surface area contributed by atoms with Gasteiger partial charge in [0, 0.05) is 17.6 Å². The Bertz CT molecular complexity index is 1270. The van der Waals surface area contributed by atoms with Gasteiger partial charge in [0.2, 0.25) is 0 Å². The van der Waals surface area contributed by atoms with Crippen molar-refractivity contribution in [2.45, 2.75) is 51.0 Å². The van der Waals surface area contributed by atoms with Crippen LogP contribution in [0.1, 0.15) is 50.5 Å². The molecular weight excluding hydrogens is 448 g/mol. The monoisotopic (exact) mass is 471 g/mol. The molecule has 7 heteroatoms. The minimum Gasteiger partial charge on any atom is -0.422 e. The fraction of sp³-hybridized carbons (Fsp3) is 0.360. The summed E-state index contributed by atoms with van der Waals surface area (Å²) in [6, 6.07) is 11.1. The van der Waals surface area contributed by atoms with Gasteiger partial charge < -0.3 is 9.73 Å². The molecule has 4 nitrogen and oxygen atoms in total. The van der Waals surface area contributed by atoms with E-state index in [1.54, 1.807) is 24.3 Å². The Morgan fingerprint density at radius 2 is 1.88 bits per heavy atom. The van der Waals surface area contributed by atoms with Gasteiger partial charge in [-0.1, -0.05) is 23.2 Å². The maximum Gasteiger partial charge on any atom is 0.295 e. The van der Waals surface area contributed by atoms with E-state index in [4.69, 9.17) is 27.6 Å². The van der Waals surface area contributed by atoms with Crippen molar-refractivity contribution in [3.05, 3.63) is 64.0 Å². The predicted octanol–water partition coefficient (Wildman–Crippen LogP) is 7.99. The van der Waals surface area contributed by atoms with Crippen LogP contribution in [0, 0.1) is 11.7 Å². The fourth-order valence-electron chi connectivity index (χ4n) is 4.97. The van der Waals surface area contributed by atoms with E-state index in [1.807, 2.05) is 6.20 Å². The Balaban J connectivity index is 1.21. The Morgan fingerprint density at radius 1 is 1.09 bits per heavy atom. The molecule has 32 heavy (non-hydrogen) atoms. The first-order chi connectivity index (χ1) is 15.5. The molecule has 1 aliphatic carbocycles. The minimum atomic E-state index is -0.205. The predicted molar refractivity (Wildman–Crippen MR) is 128 cm³/mol. The lowest BCUT2D eigenvalue weighted by molar-refractivity contribution is 0.301. The molecule has 2 heterocycles. The van der Waals surface area contributed by atoms with Crippen LogP contribution < -0.4 is 5.32 Å². The van der Waals surface area contributed by atoms with Crippen molar-refractivity contribution in [2.75, 3.05) is 5.32 Å². The topological polar surface area (TPSA) is 51.0 Å². The average Bonchev–Trinajstić information content (AvgIpc) is 3.19. The molecule has 2 aromatic heterocycles. The zero-order valence-electron chi connectivity index (χ0n) is 17.7. The number of fused-ring (bicyclic) bond motifs is 2. The maximum atomic E-state index is 13.8. The highest BCUT2D eigenvalue weighted by Gasteiger charge is 2.25. The SMILES string of the molecule is CC(C[C@H]1CC[C@@H](c2ccnc3ccc(F)cc32)CC1)Nc1nc2ccc(Cl)c(Cl)c2o1. The molecule has 1 atom stereocenters. The van der Waals surface area contributed by atoms with E-state index in [9.17, 15) is 4.39 Å². The van der Waals surface area contributed by atoms with E-state index in [2.05, 4.69) is 28.3 Å². The molecule has 1 unspecified atom stereocenters. The summed E-state index contributed by atoms with van der Waals surface area (Å²) >= 11 is 12.3. The third-order valence-corrected chi connectivity index (χ3v) is 7.32. The second kappa shape index (κ2) is 8.87. The van der Waals surface area contributed by atoms with Gasteiger partial charge in [0.1, 0.15) is 16.4 Å². The number of rotatable bonds is 5. The van der Waals surface area contributed by atoms with Crippen molar-refractivity contribution in [3.8, 4) is 0 Å². The number of hydrogen-bond donors (Lipinski definition) is 1. The van der Waals surface area contributed by atoms with Gasteiger partial charge in [-0.15, -0.1) is 0 Å². The van der Waals surface area contributed by atoms with Crippen LogP contribution in [-0.4, -0.2) is 16.0 Å². The number of nitrogens with zero attached hydrogens (tertiary/aromatic N) is 2. The summed E-state index contributed by atoms with van der Waals surface area (Å²) in [7, 11) is 0. The van der Waals surface area contributed by atoms with Gasteiger partial charge in [-0.3, -0.25) is 4.98 Å². The van der Waals surface area contributed by atoms with Gasteiger partial charge >= 0.3 is 0 Å². The van der Waals surface area contributed by atoms with Gasteiger partial charge in [-0.05, 0) is 92.8 Å². The Hall–Kier alpha value is -2.37. The lowest BCUT2D eigenvalue weighted by Gasteiger charge is -2.31. The number of anilines is 1. The molecule has 1 aliphatic rings. The highest BCUT2D eigenvalue weighted by molar-refractivity contribution is 6.44. The molecule has 1 N–H and O–H groups in total. The summed E-state index contributed by atoms with van der Waals surface area (Å²) < 4.78 is 19.6. The Morgan fingerprint density at radius 3 is 2.69 bits per heavy atom. The van der Waals surface area contributed by atoms with Crippen LogP contribution in [0.15, 0.2) is 47.0 Å². The second-order valence-corrected chi connectivity index (χ2v) is 9.57. The molecule has 0 bridgehead atoms. The molecule has 0 radical (unpaired) electrons. The van der Waals surface area contributed by atoms with Crippen LogP contribution in [0.25, 0.3) is 22.0 Å². The summed E-state index contributed by atoms with van der Waals surface area (Å²) in [6.07, 6.45) is 7.36.